The van der Waals surface area contributed by atoms with Gasteiger partial charge in [0.1, 0.15) is 11.8 Å². The lowest BCUT2D eigenvalue weighted by molar-refractivity contribution is -0.157. The molecule has 2 atom stereocenters. The molecule has 1 aromatic rings. The van der Waals surface area contributed by atoms with Gasteiger partial charge in [0.05, 0.1) is 7.11 Å². The summed E-state index contributed by atoms with van der Waals surface area (Å²) in [5, 5.41) is 5.34. The van der Waals surface area contributed by atoms with E-state index in [0.29, 0.717) is 6.54 Å². The van der Waals surface area contributed by atoms with Crippen molar-refractivity contribution < 1.29 is 23.9 Å². The quantitative estimate of drug-likeness (QED) is 0.339. The van der Waals surface area contributed by atoms with Gasteiger partial charge in [-0.05, 0) is 69.7 Å². The molecule has 7 nitrogen and oxygen atoms in total. The van der Waals surface area contributed by atoms with Crippen molar-refractivity contribution in [3.8, 4) is 5.75 Å². The largest absolute Gasteiger partial charge is 0.497 e. The minimum Gasteiger partial charge on any atom is -0.497 e. The Balaban J connectivity index is 1.71. The van der Waals surface area contributed by atoms with Crippen molar-refractivity contribution >= 4 is 23.9 Å². The predicted molar refractivity (Wildman–Crippen MR) is 119 cm³/mol. The molecule has 2 N–H and O–H groups in total. The van der Waals surface area contributed by atoms with Crippen LogP contribution in [0.4, 0.5) is 0 Å². The Bertz CT molecular complexity index is 814. The van der Waals surface area contributed by atoms with Crippen LogP contribution in [0.3, 0.4) is 0 Å². The molecule has 1 aliphatic rings. The second kappa shape index (κ2) is 12.6. The van der Waals surface area contributed by atoms with E-state index in [1.165, 1.54) is 38.3 Å². The number of allylic oxidation sites excluding steroid dienone is 1. The Morgan fingerprint density at radius 3 is 2.52 bits per heavy atom. The summed E-state index contributed by atoms with van der Waals surface area (Å²) >= 11 is 0. The fourth-order valence-corrected chi connectivity index (χ4v) is 3.16. The van der Waals surface area contributed by atoms with E-state index in [-0.39, 0.29) is 5.91 Å². The first-order chi connectivity index (χ1) is 14.9. The first-order valence-electron chi connectivity index (χ1n) is 10.7. The summed E-state index contributed by atoms with van der Waals surface area (Å²) in [6.07, 6.45) is 9.72. The molecule has 0 unspecified atom stereocenters. The molecular formula is C24H32N2O5. The zero-order chi connectivity index (χ0) is 22.6. The van der Waals surface area contributed by atoms with Gasteiger partial charge < -0.3 is 20.1 Å². The predicted octanol–water partition coefficient (Wildman–Crippen LogP) is 3.15. The van der Waals surface area contributed by atoms with Gasteiger partial charge in [-0.15, -0.1) is 0 Å². The van der Waals surface area contributed by atoms with Crippen LogP contribution in [0.15, 0.2) is 42.0 Å². The zero-order valence-electron chi connectivity index (χ0n) is 18.5. The molecule has 0 bridgehead atoms. The Labute approximate surface area is 183 Å². The minimum atomic E-state index is -0.929. The van der Waals surface area contributed by atoms with Crippen molar-refractivity contribution in [2.45, 2.75) is 58.1 Å². The summed E-state index contributed by atoms with van der Waals surface area (Å²) in [5.74, 6) is -0.716. The van der Waals surface area contributed by atoms with E-state index in [0.717, 1.165) is 30.6 Å². The molecule has 1 aromatic carbocycles. The van der Waals surface area contributed by atoms with Crippen LogP contribution in [0.2, 0.25) is 0 Å². The second-order valence-electron chi connectivity index (χ2n) is 7.57. The highest BCUT2D eigenvalue weighted by atomic mass is 16.5. The highest BCUT2D eigenvalue weighted by molar-refractivity contribution is 5.94. The van der Waals surface area contributed by atoms with E-state index in [1.54, 1.807) is 25.3 Å². The van der Waals surface area contributed by atoms with Crippen LogP contribution in [0.5, 0.6) is 5.75 Å². The number of carbonyl (C=O) groups excluding carboxylic acids is 3. The average Bonchev–Trinajstić information content (AvgIpc) is 2.78. The van der Waals surface area contributed by atoms with Gasteiger partial charge in [-0.25, -0.2) is 4.79 Å². The van der Waals surface area contributed by atoms with Crippen LogP contribution in [0.25, 0.3) is 6.08 Å². The maximum absolute atomic E-state index is 12.2. The van der Waals surface area contributed by atoms with Gasteiger partial charge in [0, 0.05) is 12.6 Å². The first kappa shape index (κ1) is 24.2. The number of carbonyl (C=O) groups is 3. The molecule has 2 rings (SSSR count). The molecular weight excluding hydrogens is 396 g/mol. The third kappa shape index (κ3) is 8.66. The van der Waals surface area contributed by atoms with E-state index in [4.69, 9.17) is 9.47 Å². The van der Waals surface area contributed by atoms with Crippen molar-refractivity contribution in [2.75, 3.05) is 13.7 Å². The topological polar surface area (TPSA) is 93.7 Å². The molecule has 31 heavy (non-hydrogen) atoms. The van der Waals surface area contributed by atoms with Gasteiger partial charge >= 0.3 is 5.97 Å². The molecule has 1 aliphatic carbocycles. The van der Waals surface area contributed by atoms with Gasteiger partial charge in [-0.1, -0.05) is 23.8 Å². The van der Waals surface area contributed by atoms with Crippen LogP contribution in [0, 0.1) is 0 Å². The monoisotopic (exact) mass is 428 g/mol. The number of amides is 2. The number of hydrogen-bond donors (Lipinski definition) is 2. The summed E-state index contributed by atoms with van der Waals surface area (Å²) in [5.41, 5.74) is 2.19. The second-order valence-corrected chi connectivity index (χ2v) is 7.57. The SMILES string of the molecule is COc1ccc(/C=C/C(=O)N[C@@H](C)C(=O)O[C@H](C)C(=O)NCCC2=CCCCC2)cc1. The molecule has 0 saturated carbocycles. The van der Waals surface area contributed by atoms with Crippen molar-refractivity contribution in [1.82, 2.24) is 10.6 Å². The van der Waals surface area contributed by atoms with E-state index in [1.807, 2.05) is 12.1 Å². The zero-order valence-corrected chi connectivity index (χ0v) is 18.5. The molecule has 168 valence electrons. The summed E-state index contributed by atoms with van der Waals surface area (Å²) in [4.78, 5) is 36.4. The normalized spacial score (nSPS) is 15.5. The van der Waals surface area contributed by atoms with Gasteiger partial charge in [0.25, 0.3) is 5.91 Å². The molecule has 0 aromatic heterocycles. The van der Waals surface area contributed by atoms with Crippen molar-refractivity contribution in [3.63, 3.8) is 0 Å². The fraction of sp³-hybridized carbons (Fsp3) is 0.458. The van der Waals surface area contributed by atoms with Crippen LogP contribution >= 0.6 is 0 Å². The molecule has 7 heteroatoms. The van der Waals surface area contributed by atoms with Crippen LogP contribution in [-0.4, -0.2) is 43.6 Å². The molecule has 0 heterocycles. The van der Waals surface area contributed by atoms with Gasteiger partial charge in [-0.2, -0.15) is 0 Å². The number of nitrogens with one attached hydrogen (secondary N) is 2. The summed E-state index contributed by atoms with van der Waals surface area (Å²) in [6, 6.07) is 6.32. The standard InChI is InChI=1S/C24H32N2O5/c1-17(26-22(27)14-11-20-9-12-21(30-3)13-10-20)24(29)31-18(2)23(28)25-16-15-19-7-5-4-6-8-19/h7,9-14,17-18H,4-6,8,15-16H2,1-3H3,(H,25,28)(H,26,27)/b14-11+/t17-,18+/m0/s1. The number of hydrogen-bond acceptors (Lipinski definition) is 5. The van der Waals surface area contributed by atoms with E-state index in [9.17, 15) is 14.4 Å². The molecule has 0 radical (unpaired) electrons. The Morgan fingerprint density at radius 1 is 1.13 bits per heavy atom. The Morgan fingerprint density at radius 2 is 1.87 bits per heavy atom. The first-order valence-corrected chi connectivity index (χ1v) is 10.7. The highest BCUT2D eigenvalue weighted by Gasteiger charge is 2.22. The average molecular weight is 429 g/mol. The summed E-state index contributed by atoms with van der Waals surface area (Å²) in [7, 11) is 1.58. The smallest absolute Gasteiger partial charge is 0.329 e. The number of ether oxygens (including phenoxy) is 2. The third-order valence-corrected chi connectivity index (χ3v) is 5.05. The lowest BCUT2D eigenvalue weighted by atomic mass is 9.97. The van der Waals surface area contributed by atoms with Gasteiger partial charge in [-0.3, -0.25) is 9.59 Å². The van der Waals surface area contributed by atoms with Gasteiger partial charge in [0.15, 0.2) is 6.10 Å². The number of methoxy groups -OCH3 is 1. The summed E-state index contributed by atoms with van der Waals surface area (Å²) < 4.78 is 10.3. The van der Waals surface area contributed by atoms with E-state index < -0.39 is 24.0 Å². The number of rotatable bonds is 10. The summed E-state index contributed by atoms with van der Waals surface area (Å²) in [6.45, 7) is 3.56. The Hall–Kier alpha value is -3.09. The highest BCUT2D eigenvalue weighted by Crippen LogP contribution is 2.19. The minimum absolute atomic E-state index is 0.345. The lowest BCUT2D eigenvalue weighted by Gasteiger charge is -2.18. The molecule has 0 fully saturated rings. The van der Waals surface area contributed by atoms with Crippen molar-refractivity contribution in [3.05, 3.63) is 47.6 Å². The maximum atomic E-state index is 12.2. The van der Waals surface area contributed by atoms with E-state index >= 15 is 0 Å². The van der Waals surface area contributed by atoms with E-state index in [2.05, 4.69) is 16.7 Å². The number of esters is 1. The molecule has 0 spiro atoms. The van der Waals surface area contributed by atoms with Crippen LogP contribution < -0.4 is 15.4 Å². The molecule has 0 aliphatic heterocycles. The van der Waals surface area contributed by atoms with Gasteiger partial charge in [0.2, 0.25) is 5.91 Å². The Kier molecular flexibility index (Phi) is 9.81. The third-order valence-electron chi connectivity index (χ3n) is 5.05. The molecule has 0 saturated heterocycles. The van der Waals surface area contributed by atoms with Crippen molar-refractivity contribution in [1.29, 1.82) is 0 Å². The fourth-order valence-electron chi connectivity index (χ4n) is 3.16. The lowest BCUT2D eigenvalue weighted by Crippen LogP contribution is -2.43. The maximum Gasteiger partial charge on any atom is 0.329 e. The van der Waals surface area contributed by atoms with Crippen LogP contribution in [0.1, 0.15) is 51.5 Å². The number of benzene rings is 1. The van der Waals surface area contributed by atoms with Crippen LogP contribution in [-0.2, 0) is 19.1 Å². The molecule has 2 amide bonds. The van der Waals surface area contributed by atoms with Crippen molar-refractivity contribution in [2.24, 2.45) is 0 Å².